The molecule has 0 spiro atoms. The van der Waals surface area contributed by atoms with Gasteiger partial charge in [0.25, 0.3) is 0 Å². The van der Waals surface area contributed by atoms with E-state index in [-0.39, 0.29) is 11.3 Å². The van der Waals surface area contributed by atoms with Gasteiger partial charge in [0.15, 0.2) is 0 Å². The maximum absolute atomic E-state index is 2.51. The minimum Gasteiger partial charge on any atom is -0.310 e. The molecule has 0 fully saturated rings. The van der Waals surface area contributed by atoms with Gasteiger partial charge in [-0.3, -0.25) is 0 Å². The monoisotopic (exact) mass is 666 g/mol. The fourth-order valence-corrected chi connectivity index (χ4v) is 9.77. The first-order valence-electron chi connectivity index (χ1n) is 18.6. The predicted octanol–water partition coefficient (Wildman–Crippen LogP) is 13.1. The van der Waals surface area contributed by atoms with Crippen LogP contribution in [0, 0.1) is 0 Å². The van der Waals surface area contributed by atoms with Crippen LogP contribution >= 0.6 is 0 Å². The Balaban J connectivity index is 1.04. The number of nitrogens with zero attached hydrogens (tertiary/aromatic N) is 2. The highest BCUT2D eigenvalue weighted by Gasteiger charge is 2.36. The molecule has 0 bridgehead atoms. The summed E-state index contributed by atoms with van der Waals surface area (Å²) in [6, 6.07) is 56.5. The first-order valence-corrected chi connectivity index (χ1v) is 18.6. The Morgan fingerprint density at radius 1 is 0.500 bits per heavy atom. The SMILES string of the molecule is CC1c2c(n(-c3ccc4c(c3)C(C)(C)c3ccccc3-4)c3ccccc23)C=CC1c1ccc2c(c1)c1ccccc1n2-c1ccc2ccccc2c1. The highest BCUT2D eigenvalue weighted by atomic mass is 15.0. The van der Waals surface area contributed by atoms with E-state index in [2.05, 4.69) is 194 Å². The van der Waals surface area contributed by atoms with E-state index >= 15 is 0 Å². The van der Waals surface area contributed by atoms with Crippen molar-refractivity contribution in [3.05, 3.63) is 186 Å². The third-order valence-corrected chi connectivity index (χ3v) is 12.3. The van der Waals surface area contributed by atoms with Crippen molar-refractivity contribution in [3.63, 3.8) is 0 Å². The molecule has 2 aliphatic rings. The zero-order valence-corrected chi connectivity index (χ0v) is 29.6. The van der Waals surface area contributed by atoms with Crippen molar-refractivity contribution in [2.45, 2.75) is 38.0 Å². The quantitative estimate of drug-likeness (QED) is 0.178. The minimum absolute atomic E-state index is 0.0464. The molecule has 11 rings (SSSR count). The fraction of sp³-hybridized carbons (Fsp3) is 0.120. The lowest BCUT2D eigenvalue weighted by atomic mass is 9.78. The van der Waals surface area contributed by atoms with Gasteiger partial charge in [-0.05, 0) is 105 Å². The van der Waals surface area contributed by atoms with Gasteiger partial charge in [-0.1, -0.05) is 130 Å². The molecule has 0 radical (unpaired) electrons. The highest BCUT2D eigenvalue weighted by molar-refractivity contribution is 6.10. The zero-order chi connectivity index (χ0) is 34.7. The van der Waals surface area contributed by atoms with Crippen molar-refractivity contribution < 1.29 is 0 Å². The molecule has 2 aromatic heterocycles. The third-order valence-electron chi connectivity index (χ3n) is 12.3. The molecule has 2 heteroatoms. The van der Waals surface area contributed by atoms with Crippen LogP contribution in [0.3, 0.4) is 0 Å². The van der Waals surface area contributed by atoms with Crippen LogP contribution in [0.15, 0.2) is 158 Å². The summed E-state index contributed by atoms with van der Waals surface area (Å²) in [6.07, 6.45) is 4.86. The van der Waals surface area contributed by atoms with Crippen molar-refractivity contribution in [1.29, 1.82) is 0 Å². The van der Waals surface area contributed by atoms with Crippen molar-refractivity contribution in [2.24, 2.45) is 0 Å². The van der Waals surface area contributed by atoms with Crippen LogP contribution in [0.2, 0.25) is 0 Å². The Bertz CT molecular complexity index is 2960. The van der Waals surface area contributed by atoms with Gasteiger partial charge < -0.3 is 9.13 Å². The number of para-hydroxylation sites is 2. The summed E-state index contributed by atoms with van der Waals surface area (Å²) in [7, 11) is 0. The molecule has 0 aliphatic heterocycles. The predicted molar refractivity (Wildman–Crippen MR) is 219 cm³/mol. The first kappa shape index (κ1) is 29.6. The van der Waals surface area contributed by atoms with E-state index in [1.54, 1.807) is 0 Å². The lowest BCUT2D eigenvalue weighted by Gasteiger charge is -2.27. The standard InChI is InChI=1S/C50H38N2/c1-31-37(34-21-26-47-42(29-34)40-15-7-10-18-45(40)51(47)35-22-20-32-12-4-5-13-33(32)28-35)25-27-48-49(31)41-16-8-11-19-46(41)52(48)36-23-24-39-38-14-6-9-17-43(38)50(2,3)44(39)30-36/h4-31,37H,1-3H3. The van der Waals surface area contributed by atoms with Crippen molar-refractivity contribution in [2.75, 3.05) is 0 Å². The third kappa shape index (κ3) is 4.01. The van der Waals surface area contributed by atoms with Gasteiger partial charge in [-0.25, -0.2) is 0 Å². The molecule has 2 nitrogen and oxygen atoms in total. The van der Waals surface area contributed by atoms with Crippen molar-refractivity contribution >= 4 is 49.6 Å². The summed E-state index contributed by atoms with van der Waals surface area (Å²) < 4.78 is 4.94. The maximum atomic E-state index is 2.51. The second-order valence-corrected chi connectivity index (χ2v) is 15.4. The van der Waals surface area contributed by atoms with Crippen molar-refractivity contribution in [1.82, 2.24) is 9.13 Å². The van der Waals surface area contributed by atoms with E-state index < -0.39 is 0 Å². The average molecular weight is 667 g/mol. The summed E-state index contributed by atoms with van der Waals surface area (Å²) >= 11 is 0. The molecular formula is C50H38N2. The molecule has 2 unspecified atom stereocenters. The molecule has 2 atom stereocenters. The van der Waals surface area contributed by atoms with Gasteiger partial charge >= 0.3 is 0 Å². The van der Waals surface area contributed by atoms with E-state index in [1.807, 2.05) is 0 Å². The Hall–Kier alpha value is -6.12. The second-order valence-electron chi connectivity index (χ2n) is 15.4. The largest absolute Gasteiger partial charge is 0.310 e. The molecule has 9 aromatic rings. The normalized spacial score (nSPS) is 17.2. The summed E-state index contributed by atoms with van der Waals surface area (Å²) in [5.41, 5.74) is 15.8. The number of rotatable bonds is 3. The minimum atomic E-state index is -0.0464. The second kappa shape index (κ2) is 10.7. The molecule has 0 saturated heterocycles. The Morgan fingerprint density at radius 2 is 1.15 bits per heavy atom. The van der Waals surface area contributed by atoms with Gasteiger partial charge in [-0.2, -0.15) is 0 Å². The summed E-state index contributed by atoms with van der Waals surface area (Å²) in [6.45, 7) is 7.16. The topological polar surface area (TPSA) is 9.86 Å². The molecule has 248 valence electrons. The van der Waals surface area contributed by atoms with Crippen LogP contribution in [0.25, 0.3) is 72.1 Å². The molecule has 7 aromatic carbocycles. The van der Waals surface area contributed by atoms with Crippen LogP contribution in [0.5, 0.6) is 0 Å². The molecule has 52 heavy (non-hydrogen) atoms. The molecule has 2 aliphatic carbocycles. The van der Waals surface area contributed by atoms with E-state index in [0.29, 0.717) is 5.92 Å². The van der Waals surface area contributed by atoms with Crippen LogP contribution < -0.4 is 0 Å². The average Bonchev–Trinajstić information content (AvgIpc) is 3.78. The van der Waals surface area contributed by atoms with E-state index in [1.165, 1.54) is 93.9 Å². The van der Waals surface area contributed by atoms with Gasteiger partial charge in [-0.15, -0.1) is 0 Å². The first-order chi connectivity index (χ1) is 25.5. The Labute approximate surface area is 303 Å². The number of hydrogen-bond donors (Lipinski definition) is 0. The number of benzene rings is 7. The van der Waals surface area contributed by atoms with Crippen LogP contribution in [0.1, 0.15) is 60.6 Å². The summed E-state index contributed by atoms with van der Waals surface area (Å²) in [4.78, 5) is 0. The molecular weight excluding hydrogens is 629 g/mol. The molecule has 0 N–H and O–H groups in total. The van der Waals surface area contributed by atoms with Gasteiger partial charge in [0.05, 0.1) is 22.2 Å². The lowest BCUT2D eigenvalue weighted by molar-refractivity contribution is 0.659. The van der Waals surface area contributed by atoms with Gasteiger partial charge in [0.1, 0.15) is 0 Å². The van der Waals surface area contributed by atoms with E-state index in [0.717, 1.165) is 0 Å². The Kier molecular flexibility index (Phi) is 6.09. The zero-order valence-electron chi connectivity index (χ0n) is 29.6. The molecule has 0 amide bonds. The molecule has 2 heterocycles. The number of aromatic nitrogens is 2. The van der Waals surface area contributed by atoms with Gasteiger partial charge in [0.2, 0.25) is 0 Å². The number of allylic oxidation sites excluding steroid dienone is 1. The smallest absolute Gasteiger partial charge is 0.0541 e. The maximum Gasteiger partial charge on any atom is 0.0541 e. The summed E-state index contributed by atoms with van der Waals surface area (Å²) in [5, 5.41) is 6.46. The van der Waals surface area contributed by atoms with E-state index in [4.69, 9.17) is 0 Å². The van der Waals surface area contributed by atoms with Crippen molar-refractivity contribution in [3.8, 4) is 22.5 Å². The lowest BCUT2D eigenvalue weighted by Crippen LogP contribution is -2.15. The Morgan fingerprint density at radius 3 is 2.02 bits per heavy atom. The number of fused-ring (bicyclic) bond motifs is 10. The van der Waals surface area contributed by atoms with Gasteiger partial charge in [0, 0.05) is 38.9 Å². The summed E-state index contributed by atoms with van der Waals surface area (Å²) in [5.74, 6) is 0.556. The van der Waals surface area contributed by atoms with Crippen LogP contribution in [0.4, 0.5) is 0 Å². The number of hydrogen-bond acceptors (Lipinski definition) is 0. The van der Waals surface area contributed by atoms with E-state index in [9.17, 15) is 0 Å². The fourth-order valence-electron chi connectivity index (χ4n) is 9.77. The molecule has 0 saturated carbocycles. The highest BCUT2D eigenvalue weighted by Crippen LogP contribution is 2.51. The van der Waals surface area contributed by atoms with Crippen LogP contribution in [-0.4, -0.2) is 9.13 Å². The van der Waals surface area contributed by atoms with Crippen LogP contribution in [-0.2, 0) is 5.41 Å².